The monoisotopic (exact) mass is 323 g/mol. The number of pyridine rings is 1. The third-order valence-electron chi connectivity index (χ3n) is 4.21. The smallest absolute Gasteiger partial charge is 0.161 e. The number of nitriles is 1. The van der Waals surface area contributed by atoms with Crippen molar-refractivity contribution in [2.24, 2.45) is 0 Å². The summed E-state index contributed by atoms with van der Waals surface area (Å²) in [7, 11) is 0. The third-order valence-corrected chi connectivity index (χ3v) is 4.51. The molecular weight excluding hydrogens is 310 g/mol. The van der Waals surface area contributed by atoms with Gasteiger partial charge in [-0.2, -0.15) is 5.26 Å². The minimum Gasteiger partial charge on any atom is -0.346 e. The first-order valence-corrected chi connectivity index (χ1v) is 7.92. The molecule has 0 unspecified atom stereocenters. The second kappa shape index (κ2) is 5.56. The molecule has 1 aromatic carbocycles. The fraction of sp³-hybridized carbons (Fsp3) is 0.235. The largest absolute Gasteiger partial charge is 0.346 e. The van der Waals surface area contributed by atoms with Gasteiger partial charge in [0.15, 0.2) is 5.69 Å². The number of nitrogens with one attached hydrogen (secondary N) is 1. The lowest BCUT2D eigenvalue weighted by Gasteiger charge is -2.24. The Labute approximate surface area is 138 Å². The molecule has 1 aliphatic rings. The molecule has 114 valence electrons. The molecule has 3 aromatic rings. The number of aromatic amines is 1. The van der Waals surface area contributed by atoms with E-state index in [0.717, 1.165) is 42.1 Å². The second-order valence-electron chi connectivity index (χ2n) is 5.60. The molecule has 5 nitrogen and oxygen atoms in total. The van der Waals surface area contributed by atoms with E-state index >= 15 is 0 Å². The van der Waals surface area contributed by atoms with E-state index in [0.29, 0.717) is 5.02 Å². The molecule has 0 bridgehead atoms. The zero-order chi connectivity index (χ0) is 15.8. The van der Waals surface area contributed by atoms with E-state index in [-0.39, 0.29) is 11.7 Å². The standard InChI is InChI=1S/C17H14ClN5/c18-11-7-8-16(20-14(11)10-19)23-9-3-6-15(23)17-21-12-4-1-2-5-13(12)22-17/h1-2,4-5,7-8,15H,3,6,9H2,(H,21,22)/t15-/m1/s1. The Morgan fingerprint density at radius 2 is 2.09 bits per heavy atom. The van der Waals surface area contributed by atoms with E-state index in [1.165, 1.54) is 0 Å². The van der Waals surface area contributed by atoms with Gasteiger partial charge in [-0.3, -0.25) is 0 Å². The topological polar surface area (TPSA) is 68.6 Å². The van der Waals surface area contributed by atoms with Crippen LogP contribution in [0.1, 0.15) is 30.4 Å². The number of hydrogen-bond donors (Lipinski definition) is 1. The van der Waals surface area contributed by atoms with Gasteiger partial charge in [0.1, 0.15) is 17.7 Å². The molecule has 3 heterocycles. The fourth-order valence-electron chi connectivity index (χ4n) is 3.13. The molecule has 1 fully saturated rings. The van der Waals surface area contributed by atoms with Crippen LogP contribution in [0.25, 0.3) is 11.0 Å². The highest BCUT2D eigenvalue weighted by Gasteiger charge is 2.29. The van der Waals surface area contributed by atoms with Crippen molar-refractivity contribution in [1.82, 2.24) is 15.0 Å². The first kappa shape index (κ1) is 14.0. The van der Waals surface area contributed by atoms with Crippen LogP contribution in [-0.2, 0) is 0 Å². The molecule has 0 amide bonds. The number of fused-ring (bicyclic) bond motifs is 1. The van der Waals surface area contributed by atoms with E-state index in [9.17, 15) is 0 Å². The third kappa shape index (κ3) is 2.41. The molecule has 1 aliphatic heterocycles. The lowest BCUT2D eigenvalue weighted by Crippen LogP contribution is -2.24. The van der Waals surface area contributed by atoms with Crippen LogP contribution >= 0.6 is 11.6 Å². The molecule has 23 heavy (non-hydrogen) atoms. The Kier molecular flexibility index (Phi) is 3.40. The number of halogens is 1. The minimum atomic E-state index is 0.141. The summed E-state index contributed by atoms with van der Waals surface area (Å²) in [5.41, 5.74) is 2.27. The van der Waals surface area contributed by atoms with Gasteiger partial charge in [0.2, 0.25) is 0 Å². The molecule has 0 spiro atoms. The van der Waals surface area contributed by atoms with Gasteiger partial charge in [0, 0.05) is 6.54 Å². The molecule has 0 saturated carbocycles. The van der Waals surface area contributed by atoms with E-state index in [1.807, 2.05) is 36.4 Å². The van der Waals surface area contributed by atoms with Gasteiger partial charge >= 0.3 is 0 Å². The van der Waals surface area contributed by atoms with Gasteiger partial charge < -0.3 is 9.88 Å². The summed E-state index contributed by atoms with van der Waals surface area (Å²) in [6, 6.07) is 13.8. The van der Waals surface area contributed by atoms with Gasteiger partial charge in [-0.25, -0.2) is 9.97 Å². The Balaban J connectivity index is 1.73. The fourth-order valence-corrected chi connectivity index (χ4v) is 3.27. The van der Waals surface area contributed by atoms with Crippen molar-refractivity contribution in [2.75, 3.05) is 11.4 Å². The lowest BCUT2D eigenvalue weighted by atomic mass is 10.2. The molecule has 1 saturated heterocycles. The van der Waals surface area contributed by atoms with E-state index in [2.05, 4.69) is 14.9 Å². The number of H-pyrrole nitrogens is 1. The van der Waals surface area contributed by atoms with E-state index < -0.39 is 0 Å². The highest BCUT2D eigenvalue weighted by Crippen LogP contribution is 2.35. The maximum absolute atomic E-state index is 9.13. The Bertz CT molecular complexity index is 878. The number of aromatic nitrogens is 3. The van der Waals surface area contributed by atoms with Crippen molar-refractivity contribution in [3.63, 3.8) is 0 Å². The Hall–Kier alpha value is -2.58. The van der Waals surface area contributed by atoms with Crippen LogP contribution in [-0.4, -0.2) is 21.5 Å². The van der Waals surface area contributed by atoms with Gasteiger partial charge in [-0.1, -0.05) is 23.7 Å². The first-order valence-electron chi connectivity index (χ1n) is 7.54. The summed E-state index contributed by atoms with van der Waals surface area (Å²) < 4.78 is 0. The predicted molar refractivity (Wildman–Crippen MR) is 89.4 cm³/mol. The van der Waals surface area contributed by atoms with Gasteiger partial charge in [0.05, 0.1) is 22.1 Å². The summed E-state index contributed by atoms with van der Waals surface area (Å²) in [4.78, 5) is 14.7. The van der Waals surface area contributed by atoms with E-state index in [1.54, 1.807) is 6.07 Å². The number of rotatable bonds is 2. The summed E-state index contributed by atoms with van der Waals surface area (Å²) in [6.45, 7) is 0.890. The number of imidazole rings is 1. The number of benzene rings is 1. The van der Waals surface area contributed by atoms with Crippen LogP contribution in [0.4, 0.5) is 5.82 Å². The maximum Gasteiger partial charge on any atom is 0.161 e. The average molecular weight is 324 g/mol. The van der Waals surface area contributed by atoms with Crippen LogP contribution in [0, 0.1) is 11.3 Å². The van der Waals surface area contributed by atoms with Crippen LogP contribution < -0.4 is 4.90 Å². The minimum absolute atomic E-state index is 0.141. The molecule has 1 N–H and O–H groups in total. The quantitative estimate of drug-likeness (QED) is 0.778. The first-order chi connectivity index (χ1) is 11.3. The van der Waals surface area contributed by atoms with Gasteiger partial charge in [-0.15, -0.1) is 0 Å². The van der Waals surface area contributed by atoms with Gasteiger partial charge in [0.25, 0.3) is 0 Å². The molecule has 0 radical (unpaired) electrons. The zero-order valence-electron chi connectivity index (χ0n) is 12.3. The van der Waals surface area contributed by atoms with Crippen LogP contribution in [0.15, 0.2) is 36.4 Å². The number of nitrogens with zero attached hydrogens (tertiary/aromatic N) is 4. The summed E-state index contributed by atoms with van der Waals surface area (Å²) >= 11 is 5.99. The van der Waals surface area contributed by atoms with Crippen LogP contribution in [0.2, 0.25) is 5.02 Å². The maximum atomic E-state index is 9.13. The summed E-state index contributed by atoms with van der Waals surface area (Å²) in [5, 5.41) is 9.51. The zero-order valence-corrected chi connectivity index (χ0v) is 13.1. The molecule has 2 aromatic heterocycles. The van der Waals surface area contributed by atoms with Crippen molar-refractivity contribution < 1.29 is 0 Å². The van der Waals surface area contributed by atoms with Crippen LogP contribution in [0.3, 0.4) is 0 Å². The number of anilines is 1. The molecule has 4 rings (SSSR count). The predicted octanol–water partition coefficient (Wildman–Crippen LogP) is 3.82. The van der Waals surface area contributed by atoms with Crippen molar-refractivity contribution >= 4 is 28.5 Å². The summed E-state index contributed by atoms with van der Waals surface area (Å²) in [5.74, 6) is 1.72. The van der Waals surface area contributed by atoms with E-state index in [4.69, 9.17) is 21.8 Å². The number of hydrogen-bond acceptors (Lipinski definition) is 4. The Morgan fingerprint density at radius 3 is 2.91 bits per heavy atom. The normalized spacial score (nSPS) is 17.6. The van der Waals surface area contributed by atoms with Crippen molar-refractivity contribution in [2.45, 2.75) is 18.9 Å². The van der Waals surface area contributed by atoms with Gasteiger partial charge in [-0.05, 0) is 37.1 Å². The summed E-state index contributed by atoms with van der Waals surface area (Å²) in [6.07, 6.45) is 2.07. The van der Waals surface area contributed by atoms with Crippen LogP contribution in [0.5, 0.6) is 0 Å². The highest BCUT2D eigenvalue weighted by atomic mass is 35.5. The molecule has 0 aliphatic carbocycles. The second-order valence-corrected chi connectivity index (χ2v) is 6.01. The molecule has 1 atom stereocenters. The van der Waals surface area contributed by atoms with Crippen molar-refractivity contribution in [3.8, 4) is 6.07 Å². The average Bonchev–Trinajstić information content (AvgIpc) is 3.21. The highest BCUT2D eigenvalue weighted by molar-refractivity contribution is 6.31. The SMILES string of the molecule is N#Cc1nc(N2CCC[C@@H]2c2nc3ccccc3[nH]2)ccc1Cl. The Morgan fingerprint density at radius 1 is 1.22 bits per heavy atom. The van der Waals surface area contributed by atoms with Crippen molar-refractivity contribution in [1.29, 1.82) is 5.26 Å². The lowest BCUT2D eigenvalue weighted by molar-refractivity contribution is 0.672. The molecular formula is C17H14ClN5. The number of para-hydroxylation sites is 2. The molecule has 6 heteroatoms. The van der Waals surface area contributed by atoms with Crippen molar-refractivity contribution in [3.05, 3.63) is 52.9 Å².